The Morgan fingerprint density at radius 3 is 2.07 bits per heavy atom. The van der Waals surface area contributed by atoms with Crippen LogP contribution in [0.1, 0.15) is 27.7 Å². The van der Waals surface area contributed by atoms with Crippen LogP contribution in [0.4, 0.5) is 0 Å². The highest BCUT2D eigenvalue weighted by Crippen LogP contribution is 2.22. The Bertz CT molecular complexity index is 183. The van der Waals surface area contributed by atoms with Crippen LogP contribution in [0, 0.1) is 17.8 Å². The highest BCUT2D eigenvalue weighted by atomic mass is 127. The molecule has 0 spiro atoms. The van der Waals surface area contributed by atoms with Crippen molar-refractivity contribution < 1.29 is 6.13 Å². The topological polar surface area (TPSA) is 18.5 Å². The molecule has 0 aromatic carbocycles. The number of allylic oxidation sites excluding steroid dienone is 2. The Labute approximate surface area is 122 Å². The molecule has 0 bridgehead atoms. The van der Waals surface area contributed by atoms with Gasteiger partial charge >= 0.3 is 0 Å². The largest absolute Gasteiger partial charge is 0.313 e. The van der Waals surface area contributed by atoms with E-state index in [0.717, 1.165) is 0 Å². The minimum atomic E-state index is 0.161. The summed E-state index contributed by atoms with van der Waals surface area (Å²) in [6.07, 6.45) is 4.68. The first-order chi connectivity index (χ1) is 7.02. The molecule has 3 unspecified atom stereocenters. The van der Waals surface area contributed by atoms with E-state index in [1.807, 2.05) is 46.0 Å². The Balaban J connectivity index is 4.20. The summed E-state index contributed by atoms with van der Waals surface area (Å²) >= 11 is 3.87. The Hall–Kier alpha value is 1.12. The van der Waals surface area contributed by atoms with Crippen molar-refractivity contribution in [3.63, 3.8) is 0 Å². The molecule has 0 radical (unpaired) electrons. The van der Waals surface area contributed by atoms with Gasteiger partial charge < -0.3 is 6.13 Å². The van der Waals surface area contributed by atoms with Gasteiger partial charge in [-0.1, -0.05) is 39.8 Å². The molecule has 0 heterocycles. The molecule has 0 aliphatic heterocycles. The minimum absolute atomic E-state index is 0.161. The number of hydrogen-bond acceptors (Lipinski definition) is 2. The van der Waals surface area contributed by atoms with Crippen molar-refractivity contribution in [2.45, 2.75) is 33.8 Å². The Morgan fingerprint density at radius 2 is 1.67 bits per heavy atom. The van der Waals surface area contributed by atoms with Crippen molar-refractivity contribution in [2.75, 3.05) is 6.61 Å². The van der Waals surface area contributed by atoms with Crippen LogP contribution in [0.2, 0.25) is 0 Å². The molecule has 0 saturated carbocycles. The van der Waals surface area contributed by atoms with Gasteiger partial charge in [-0.2, -0.15) is 0 Å². The summed E-state index contributed by atoms with van der Waals surface area (Å²) in [6, 6.07) is 0. The summed E-state index contributed by atoms with van der Waals surface area (Å²) in [6.45, 7) is 9.44. The summed E-state index contributed by atoms with van der Waals surface area (Å²) in [5.74, 6) is 1.59. The van der Waals surface area contributed by atoms with Crippen molar-refractivity contribution in [3.05, 3.63) is 12.2 Å². The third-order valence-electron chi connectivity index (χ3n) is 2.56. The van der Waals surface area contributed by atoms with Crippen LogP contribution >= 0.6 is 46.0 Å². The molecular weight excluding hydrogens is 418 g/mol. The van der Waals surface area contributed by atoms with Crippen molar-refractivity contribution in [1.29, 1.82) is 0 Å². The average molecular weight is 438 g/mol. The molecule has 0 rings (SSSR count). The van der Waals surface area contributed by atoms with Crippen LogP contribution in [0.15, 0.2) is 12.2 Å². The van der Waals surface area contributed by atoms with Gasteiger partial charge in [0.25, 0.3) is 0 Å². The van der Waals surface area contributed by atoms with E-state index in [9.17, 15) is 0 Å². The SMILES string of the molecule is CC(C)/C=C/C(C)C(C)C(COI)OI. The van der Waals surface area contributed by atoms with E-state index < -0.39 is 0 Å². The molecule has 0 amide bonds. The van der Waals surface area contributed by atoms with Crippen LogP contribution < -0.4 is 0 Å². The molecule has 0 fully saturated rings. The molecule has 3 atom stereocenters. The lowest BCUT2D eigenvalue weighted by molar-refractivity contribution is 0.130. The second-order valence-corrected chi connectivity index (χ2v) is 5.38. The van der Waals surface area contributed by atoms with E-state index in [4.69, 9.17) is 6.13 Å². The molecule has 0 saturated heterocycles. The van der Waals surface area contributed by atoms with E-state index in [2.05, 4.69) is 39.8 Å². The predicted molar refractivity (Wildman–Crippen MR) is 81.2 cm³/mol. The zero-order valence-corrected chi connectivity index (χ0v) is 14.1. The second-order valence-electron chi connectivity index (χ2n) is 4.25. The van der Waals surface area contributed by atoms with Crippen LogP contribution in [0.3, 0.4) is 0 Å². The van der Waals surface area contributed by atoms with E-state index in [-0.39, 0.29) is 6.10 Å². The first kappa shape index (κ1) is 16.1. The Morgan fingerprint density at radius 1 is 1.07 bits per heavy atom. The summed E-state index contributed by atoms with van der Waals surface area (Å²) in [4.78, 5) is 0. The van der Waals surface area contributed by atoms with Gasteiger partial charge in [-0.05, 0) is 17.8 Å². The van der Waals surface area contributed by atoms with Crippen LogP contribution in [0.5, 0.6) is 0 Å². The van der Waals surface area contributed by atoms with E-state index in [0.29, 0.717) is 24.4 Å². The molecule has 4 heteroatoms. The maximum atomic E-state index is 5.39. The highest BCUT2D eigenvalue weighted by Gasteiger charge is 2.21. The maximum absolute atomic E-state index is 5.39. The maximum Gasteiger partial charge on any atom is 0.110 e. The molecule has 0 N–H and O–H groups in total. The first-order valence-electron chi connectivity index (χ1n) is 5.22. The van der Waals surface area contributed by atoms with Crippen molar-refractivity contribution in [2.24, 2.45) is 17.8 Å². The van der Waals surface area contributed by atoms with Gasteiger partial charge in [0.15, 0.2) is 0 Å². The third-order valence-corrected chi connectivity index (χ3v) is 3.57. The fourth-order valence-electron chi connectivity index (χ4n) is 1.23. The molecule has 0 aliphatic rings. The fraction of sp³-hybridized carbons (Fsp3) is 0.818. The number of hydrogen-bond donors (Lipinski definition) is 0. The first-order valence-corrected chi connectivity index (χ1v) is 6.98. The van der Waals surface area contributed by atoms with E-state index >= 15 is 0 Å². The quantitative estimate of drug-likeness (QED) is 0.429. The molecule has 0 aliphatic carbocycles. The van der Waals surface area contributed by atoms with Gasteiger partial charge in [0, 0.05) is 0 Å². The number of halogens is 2. The van der Waals surface area contributed by atoms with Crippen LogP contribution in [0.25, 0.3) is 0 Å². The van der Waals surface area contributed by atoms with Crippen LogP contribution in [-0.4, -0.2) is 12.7 Å². The lowest BCUT2D eigenvalue weighted by atomic mass is 9.90. The van der Waals surface area contributed by atoms with Gasteiger partial charge in [0.2, 0.25) is 0 Å². The van der Waals surface area contributed by atoms with Crippen molar-refractivity contribution in [3.8, 4) is 0 Å². The van der Waals surface area contributed by atoms with Crippen molar-refractivity contribution >= 4 is 46.0 Å². The van der Waals surface area contributed by atoms with Gasteiger partial charge in [-0.15, -0.1) is 0 Å². The van der Waals surface area contributed by atoms with E-state index in [1.165, 1.54) is 0 Å². The molecule has 0 aromatic rings. The lowest BCUT2D eigenvalue weighted by Gasteiger charge is -2.24. The van der Waals surface area contributed by atoms with Crippen LogP contribution in [-0.2, 0) is 6.13 Å². The smallest absolute Gasteiger partial charge is 0.110 e. The fourth-order valence-corrected chi connectivity index (χ4v) is 2.20. The molecule has 15 heavy (non-hydrogen) atoms. The molecule has 0 aromatic heterocycles. The van der Waals surface area contributed by atoms with Gasteiger partial charge in [-0.3, -0.25) is 0 Å². The summed E-state index contributed by atoms with van der Waals surface area (Å²) in [7, 11) is 0. The molecular formula is C11H20I2O2. The normalized spacial score (nSPS) is 18.3. The lowest BCUT2D eigenvalue weighted by Crippen LogP contribution is -2.27. The minimum Gasteiger partial charge on any atom is -0.313 e. The van der Waals surface area contributed by atoms with Gasteiger partial charge in [0.1, 0.15) is 46.0 Å². The van der Waals surface area contributed by atoms with Gasteiger partial charge in [0.05, 0.1) is 12.7 Å². The molecule has 90 valence electrons. The molecule has 2 nitrogen and oxygen atoms in total. The van der Waals surface area contributed by atoms with Crippen molar-refractivity contribution in [1.82, 2.24) is 0 Å². The zero-order chi connectivity index (χ0) is 11.8. The van der Waals surface area contributed by atoms with Gasteiger partial charge in [-0.25, -0.2) is 0 Å². The third kappa shape index (κ3) is 7.12. The second kappa shape index (κ2) is 9.18. The number of rotatable bonds is 7. The highest BCUT2D eigenvalue weighted by molar-refractivity contribution is 14.1. The average Bonchev–Trinajstić information content (AvgIpc) is 2.21. The summed E-state index contributed by atoms with van der Waals surface area (Å²) in [5.41, 5.74) is 0. The Kier molecular flexibility index (Phi) is 9.87. The zero-order valence-electron chi connectivity index (χ0n) is 9.74. The summed E-state index contributed by atoms with van der Waals surface area (Å²) in [5, 5.41) is 0. The van der Waals surface area contributed by atoms with E-state index in [1.54, 1.807) is 0 Å². The summed E-state index contributed by atoms with van der Waals surface area (Å²) < 4.78 is 10.5. The standard InChI is InChI=1S/C11H20I2O2/c1-8(2)5-6-9(3)10(4)11(15-13)7-14-12/h5-6,8-11H,7H2,1-4H3/b6-5+. The predicted octanol–water partition coefficient (Wildman–Crippen LogP) is 4.57. The monoisotopic (exact) mass is 438 g/mol.